The molecule has 2 heteroatoms. The van der Waals surface area contributed by atoms with E-state index >= 15 is 0 Å². The highest BCUT2D eigenvalue weighted by atomic mass is 32.1. The van der Waals surface area contributed by atoms with E-state index in [0.29, 0.717) is 6.04 Å². The molecule has 4 atom stereocenters. The average Bonchev–Trinajstić information content (AvgIpc) is 3.22. The van der Waals surface area contributed by atoms with E-state index in [1.807, 2.05) is 11.3 Å². The Morgan fingerprint density at radius 1 is 1.24 bits per heavy atom. The minimum Gasteiger partial charge on any atom is -0.314 e. The van der Waals surface area contributed by atoms with Crippen LogP contribution in [0.15, 0.2) is 29.6 Å². The molecule has 0 aliphatic heterocycles. The van der Waals surface area contributed by atoms with Gasteiger partial charge >= 0.3 is 0 Å². The van der Waals surface area contributed by atoms with Crippen LogP contribution in [0.5, 0.6) is 0 Å². The van der Waals surface area contributed by atoms with Crippen LogP contribution in [0.1, 0.15) is 38.2 Å². The average molecular weight is 299 g/mol. The molecule has 0 spiro atoms. The molecule has 2 bridgehead atoms. The van der Waals surface area contributed by atoms with Crippen LogP contribution >= 0.6 is 11.3 Å². The van der Waals surface area contributed by atoms with E-state index in [2.05, 4.69) is 41.9 Å². The van der Waals surface area contributed by atoms with Gasteiger partial charge in [0.25, 0.3) is 0 Å². The predicted octanol–water partition coefficient (Wildman–Crippen LogP) is 4.86. The third-order valence-electron chi connectivity index (χ3n) is 5.78. The first kappa shape index (κ1) is 13.8. The van der Waals surface area contributed by atoms with Crippen molar-refractivity contribution in [2.24, 2.45) is 17.8 Å². The van der Waals surface area contributed by atoms with E-state index in [-0.39, 0.29) is 0 Å². The second kappa shape index (κ2) is 5.73. The lowest BCUT2D eigenvalue weighted by atomic mass is 9.81. The van der Waals surface area contributed by atoms with Crippen LogP contribution in [-0.2, 0) is 6.42 Å². The summed E-state index contributed by atoms with van der Waals surface area (Å²) in [5, 5.41) is 7.69. The number of benzene rings is 1. The summed E-state index contributed by atoms with van der Waals surface area (Å²) in [6.45, 7) is 3.35. The van der Waals surface area contributed by atoms with E-state index in [9.17, 15) is 0 Å². The number of likely N-dealkylation sites (N-methyl/N-ethyl adjacent to an activating group) is 1. The van der Waals surface area contributed by atoms with Crippen LogP contribution in [-0.4, -0.2) is 12.6 Å². The van der Waals surface area contributed by atoms with Gasteiger partial charge in [-0.15, -0.1) is 11.3 Å². The summed E-state index contributed by atoms with van der Waals surface area (Å²) >= 11 is 1.90. The Labute approximate surface area is 131 Å². The molecule has 1 aromatic heterocycles. The third-order valence-corrected chi connectivity index (χ3v) is 6.79. The van der Waals surface area contributed by atoms with Crippen molar-refractivity contribution in [2.75, 3.05) is 6.54 Å². The molecule has 1 aromatic carbocycles. The number of hydrogen-bond donors (Lipinski definition) is 1. The van der Waals surface area contributed by atoms with Crippen molar-refractivity contribution in [3.63, 3.8) is 0 Å². The lowest BCUT2D eigenvalue weighted by molar-refractivity contribution is 0.249. The Kier molecular flexibility index (Phi) is 3.76. The van der Waals surface area contributed by atoms with Crippen molar-refractivity contribution in [1.29, 1.82) is 0 Å². The Morgan fingerprint density at radius 3 is 2.90 bits per heavy atom. The van der Waals surface area contributed by atoms with Crippen LogP contribution in [0.3, 0.4) is 0 Å². The molecule has 2 aromatic rings. The second-order valence-corrected chi connectivity index (χ2v) is 7.88. The van der Waals surface area contributed by atoms with Gasteiger partial charge in [-0.1, -0.05) is 31.5 Å². The van der Waals surface area contributed by atoms with Gasteiger partial charge in [-0.3, -0.25) is 0 Å². The summed E-state index contributed by atoms with van der Waals surface area (Å²) in [7, 11) is 0. The lowest BCUT2D eigenvalue weighted by Gasteiger charge is -2.31. The molecule has 0 saturated heterocycles. The number of hydrogen-bond acceptors (Lipinski definition) is 2. The zero-order valence-corrected chi connectivity index (χ0v) is 13.7. The molecule has 2 saturated carbocycles. The van der Waals surface area contributed by atoms with Gasteiger partial charge in [0.15, 0.2) is 0 Å². The molecule has 2 aliphatic rings. The van der Waals surface area contributed by atoms with E-state index in [1.165, 1.54) is 42.2 Å². The summed E-state index contributed by atoms with van der Waals surface area (Å²) in [6, 6.07) is 9.57. The van der Waals surface area contributed by atoms with Crippen LogP contribution in [0, 0.1) is 17.8 Å². The van der Waals surface area contributed by atoms with Crippen molar-refractivity contribution >= 4 is 21.4 Å². The van der Waals surface area contributed by atoms with Gasteiger partial charge in [-0.2, -0.15) is 0 Å². The summed E-state index contributed by atoms with van der Waals surface area (Å²) < 4.78 is 1.44. The minimum atomic E-state index is 0.684. The maximum absolute atomic E-state index is 3.82. The van der Waals surface area contributed by atoms with Gasteiger partial charge in [0.2, 0.25) is 0 Å². The first-order valence-corrected chi connectivity index (χ1v) is 9.41. The molecular weight excluding hydrogens is 274 g/mol. The first-order chi connectivity index (χ1) is 10.3. The molecule has 1 heterocycles. The Bertz CT molecular complexity index is 617. The molecule has 2 fully saturated rings. The fraction of sp³-hybridized carbons (Fsp3) is 0.579. The van der Waals surface area contributed by atoms with E-state index < -0.39 is 0 Å². The smallest absolute Gasteiger partial charge is 0.0345 e. The molecule has 21 heavy (non-hydrogen) atoms. The molecule has 2 aliphatic carbocycles. The molecule has 4 rings (SSSR count). The zero-order chi connectivity index (χ0) is 14.2. The number of thiophene rings is 1. The van der Waals surface area contributed by atoms with Gasteiger partial charge in [-0.05, 0) is 72.4 Å². The van der Waals surface area contributed by atoms with Gasteiger partial charge in [0.05, 0.1) is 0 Å². The second-order valence-electron chi connectivity index (χ2n) is 6.96. The summed E-state index contributed by atoms with van der Waals surface area (Å²) in [4.78, 5) is 0. The highest BCUT2D eigenvalue weighted by Crippen LogP contribution is 2.50. The van der Waals surface area contributed by atoms with Crippen molar-refractivity contribution < 1.29 is 0 Å². The van der Waals surface area contributed by atoms with Crippen molar-refractivity contribution in [3.05, 3.63) is 35.2 Å². The van der Waals surface area contributed by atoms with Crippen LogP contribution in [0.4, 0.5) is 0 Å². The molecule has 1 N–H and O–H groups in total. The quantitative estimate of drug-likeness (QED) is 0.831. The zero-order valence-electron chi connectivity index (χ0n) is 12.8. The standard InChI is InChI=1S/C19H25NS/c1-2-20-18(17-10-13-7-8-14(17)9-13)11-15-12-21-19-6-4-3-5-16(15)19/h3-6,12-14,17-18,20H,2,7-11H2,1H3. The Hall–Kier alpha value is -0.860. The van der Waals surface area contributed by atoms with E-state index in [1.54, 1.807) is 5.56 Å². The topological polar surface area (TPSA) is 12.0 Å². The number of nitrogens with one attached hydrogen (secondary N) is 1. The monoisotopic (exact) mass is 299 g/mol. The van der Waals surface area contributed by atoms with Gasteiger partial charge in [-0.25, -0.2) is 0 Å². The highest BCUT2D eigenvalue weighted by molar-refractivity contribution is 7.17. The maximum Gasteiger partial charge on any atom is 0.0345 e. The van der Waals surface area contributed by atoms with Crippen molar-refractivity contribution in [3.8, 4) is 0 Å². The maximum atomic E-state index is 3.82. The van der Waals surface area contributed by atoms with Crippen molar-refractivity contribution in [1.82, 2.24) is 5.32 Å². The fourth-order valence-electron chi connectivity index (χ4n) is 4.85. The van der Waals surface area contributed by atoms with Crippen LogP contribution in [0.2, 0.25) is 0 Å². The summed E-state index contributed by atoms with van der Waals surface area (Å²) in [5.74, 6) is 2.96. The third kappa shape index (κ3) is 2.53. The molecule has 0 amide bonds. The fourth-order valence-corrected chi connectivity index (χ4v) is 5.83. The highest BCUT2D eigenvalue weighted by Gasteiger charge is 2.42. The molecule has 112 valence electrons. The molecule has 1 nitrogen and oxygen atoms in total. The van der Waals surface area contributed by atoms with Crippen LogP contribution < -0.4 is 5.32 Å². The first-order valence-electron chi connectivity index (χ1n) is 8.53. The number of fused-ring (bicyclic) bond motifs is 3. The predicted molar refractivity (Wildman–Crippen MR) is 91.9 cm³/mol. The normalized spacial score (nSPS) is 29.3. The van der Waals surface area contributed by atoms with Crippen molar-refractivity contribution in [2.45, 2.75) is 45.1 Å². The van der Waals surface area contributed by atoms with Gasteiger partial charge in [0.1, 0.15) is 0 Å². The largest absolute Gasteiger partial charge is 0.314 e. The summed E-state index contributed by atoms with van der Waals surface area (Å²) in [6.07, 6.45) is 7.19. The summed E-state index contributed by atoms with van der Waals surface area (Å²) in [5.41, 5.74) is 1.56. The van der Waals surface area contributed by atoms with E-state index in [4.69, 9.17) is 0 Å². The SMILES string of the molecule is CCNC(Cc1csc2ccccc12)C1CC2CCC1C2. The molecule has 0 radical (unpaired) electrons. The molecule has 4 unspecified atom stereocenters. The molecular formula is C19H25NS. The minimum absolute atomic E-state index is 0.684. The Balaban J connectivity index is 1.57. The number of rotatable bonds is 5. The lowest BCUT2D eigenvalue weighted by Crippen LogP contribution is -2.40. The van der Waals surface area contributed by atoms with Gasteiger partial charge in [0, 0.05) is 10.7 Å². The Morgan fingerprint density at radius 2 is 2.14 bits per heavy atom. The van der Waals surface area contributed by atoms with E-state index in [0.717, 1.165) is 24.3 Å². The van der Waals surface area contributed by atoms with Gasteiger partial charge < -0.3 is 5.32 Å². The van der Waals surface area contributed by atoms with Crippen LogP contribution in [0.25, 0.3) is 10.1 Å².